The number of benzene rings is 9. The molecule has 5 nitrogen and oxygen atoms in total. The Morgan fingerprint density at radius 1 is 0.603 bits per heavy atom. The molecule has 0 atom stereocenters. The maximum atomic E-state index is 10.4. The minimum atomic E-state index is -4.75. The summed E-state index contributed by atoms with van der Waals surface area (Å²) in [6.45, 7) is -11.6. The fourth-order valence-electron chi connectivity index (χ4n) is 10.2. The van der Waals surface area contributed by atoms with Crippen LogP contribution in [0.1, 0.15) is 121 Å². The Balaban J connectivity index is 0.0000106. The minimum Gasteiger partial charge on any atom is -0.510 e. The summed E-state index contributed by atoms with van der Waals surface area (Å²) in [5, 5.41) is 1.60. The zero-order valence-electron chi connectivity index (χ0n) is 73.3. The molecule has 0 fully saturated rings. The summed E-state index contributed by atoms with van der Waals surface area (Å²) in [7, 11) is 0. The van der Waals surface area contributed by atoms with Crippen LogP contribution in [-0.2, 0) is 37.3 Å². The van der Waals surface area contributed by atoms with E-state index in [1.54, 1.807) is 12.3 Å². The van der Waals surface area contributed by atoms with Gasteiger partial charge in [-0.1, -0.05) is 193 Å². The standard InChI is InChI=1S/C72H58N4O.Pt/c1-70(2,3)49-35-38-73-67(42-49)76-64-30-16-15-27-58(64)59-33-32-52(44-65(59)76)77-51-22-17-21-50(43-51)74-45-75-68-53(46-19-9-8-10-20-46)28-18-29-60(68)56-25-13-11-23-54(56)55-24-12-14-26-57(55)61-39-48(41-66(74)69(61)75)47-31-34-62-63(40-47)72(6,7)37-36-71(62,4)5;/h8-35,38-42H,36-37H2,1-7H3;/q-2;/i4D3,5D3,6D3,7D3,8D,9D,10D,11D,12D,13D,14D,19D,20D,23D,24D,25D,26D,31D,34D,36D2,37D2,40D;. The molecule has 1 aliphatic carbocycles. The molecule has 384 valence electrons. The first-order chi connectivity index (χ1) is 50.5. The van der Waals surface area contributed by atoms with E-state index in [1.807, 2.05) is 47.0 Å². The fourth-order valence-corrected chi connectivity index (χ4v) is 10.2. The van der Waals surface area contributed by atoms with Gasteiger partial charge in [-0.05, 0) is 137 Å². The average molecular weight is 1220 g/mol. The first-order valence-corrected chi connectivity index (χ1v) is 24.2. The summed E-state index contributed by atoms with van der Waals surface area (Å²) < 4.78 is 310. The van der Waals surface area contributed by atoms with Crippen molar-refractivity contribution in [2.45, 2.75) is 77.2 Å². The molecule has 2 aliphatic rings. The summed E-state index contributed by atoms with van der Waals surface area (Å²) in [5.74, 6) is 0.594. The third-order valence-electron chi connectivity index (χ3n) is 13.8. The topological polar surface area (TPSA) is 35.9 Å². The molecule has 0 saturated carbocycles. The van der Waals surface area contributed by atoms with Crippen molar-refractivity contribution in [1.29, 1.82) is 0 Å². The summed E-state index contributed by atoms with van der Waals surface area (Å²) in [5.41, 5.74) is -17.9. The summed E-state index contributed by atoms with van der Waals surface area (Å²) in [4.78, 5) is 4.78. The van der Waals surface area contributed by atoms with Gasteiger partial charge in [0, 0.05) is 66.2 Å². The summed E-state index contributed by atoms with van der Waals surface area (Å²) in [6, 6.07) is 15.5. The molecule has 1 aliphatic heterocycles. The Bertz CT molecular complexity index is 5940. The second-order valence-corrected chi connectivity index (χ2v) is 19.7. The zero-order chi connectivity index (χ0) is 79.9. The van der Waals surface area contributed by atoms with E-state index in [0.29, 0.717) is 11.3 Å². The van der Waals surface area contributed by atoms with Crippen LogP contribution in [0.2, 0.25) is 0 Å². The van der Waals surface area contributed by atoms with Crippen molar-refractivity contribution in [2.24, 2.45) is 0 Å². The van der Waals surface area contributed by atoms with Gasteiger partial charge in [-0.3, -0.25) is 4.57 Å². The molecule has 3 aromatic heterocycles. The average Bonchev–Trinajstić information content (AvgIpc) is 0.696. The van der Waals surface area contributed by atoms with E-state index in [-0.39, 0.29) is 71.5 Å². The van der Waals surface area contributed by atoms with Crippen LogP contribution in [0.5, 0.6) is 11.5 Å². The number of hydrogen-bond acceptors (Lipinski definition) is 2. The van der Waals surface area contributed by atoms with Crippen LogP contribution in [0.25, 0.3) is 106 Å². The number of aromatic nitrogens is 4. The maximum Gasteiger partial charge on any atom is 0.268 e. The quantitative estimate of drug-likeness (QED) is 0.123. The van der Waals surface area contributed by atoms with Crippen LogP contribution in [-0.4, -0.2) is 14.1 Å². The van der Waals surface area contributed by atoms with Crippen molar-refractivity contribution >= 4 is 32.8 Å². The number of imidazole rings is 1. The van der Waals surface area contributed by atoms with E-state index < -0.39 is 203 Å². The molecule has 78 heavy (non-hydrogen) atoms. The Hall–Kier alpha value is -8.11. The van der Waals surface area contributed by atoms with Gasteiger partial charge in [0.2, 0.25) is 0 Å². The maximum absolute atomic E-state index is 10.4. The zero-order valence-corrected chi connectivity index (χ0v) is 43.6. The van der Waals surface area contributed by atoms with Crippen LogP contribution in [0.4, 0.5) is 0 Å². The van der Waals surface area contributed by atoms with E-state index in [9.17, 15) is 23.3 Å². The largest absolute Gasteiger partial charge is 0.510 e. The van der Waals surface area contributed by atoms with Gasteiger partial charge in [-0.2, -0.15) is 18.2 Å². The number of ether oxygens (including phenoxy) is 1. The normalized spacial score (nSPS) is 21.9. The van der Waals surface area contributed by atoms with Crippen LogP contribution in [0, 0.1) is 18.5 Å². The SMILES string of the molecule is [2H]c1c([2H])c([2H])c(-c2cccc3c2-[n+]2[c-]n(-c4[c-]c(Oc5[c-]c6c(cc5)c5ccccc5n6-c5cc(C(C)(C)C)ccn5)ccc4)c4cc(-c5c([2H])c([2H])c6c(c5[2H])C(C([2H])([2H])[2H])(C([2H])([2H])[2H])C([2H])([2H])C([2H])([2H])C6(C([2H])([2H])[2H])C([2H])([2H])[2H])cc(c42)-c2c([2H])c([2H])c([2H])c([2H])c2-c2c([2H])c([2H])c([2H])c([2H])c2-3)c([2H])c1[2H].[Pt]. The summed E-state index contributed by atoms with van der Waals surface area (Å²) in [6.07, 6.45) is -4.53. The van der Waals surface area contributed by atoms with Gasteiger partial charge >= 0.3 is 0 Å². The van der Waals surface area contributed by atoms with Gasteiger partial charge in [-0.25, -0.2) is 4.98 Å². The number of fused-ring (bicyclic) bond motifs is 11. The molecular weight excluding hydrogens is 1130 g/mol. The smallest absolute Gasteiger partial charge is 0.268 e. The molecule has 0 N–H and O–H groups in total. The summed E-state index contributed by atoms with van der Waals surface area (Å²) >= 11 is 0. The molecule has 0 bridgehead atoms. The molecular formula is C72H58N4OPt-2. The monoisotopic (exact) mass is 1220 g/mol. The van der Waals surface area contributed by atoms with E-state index in [1.165, 1.54) is 45.5 Å². The van der Waals surface area contributed by atoms with E-state index in [0.717, 1.165) is 34.0 Å². The second-order valence-electron chi connectivity index (χ2n) is 19.7. The van der Waals surface area contributed by atoms with Crippen molar-refractivity contribution in [3.8, 4) is 84.3 Å². The molecule has 0 spiro atoms. The first kappa shape index (κ1) is 25.6. The molecule has 0 radical (unpaired) electrons. The van der Waals surface area contributed by atoms with Gasteiger partial charge in [0.1, 0.15) is 5.82 Å². The number of hydrogen-bond donors (Lipinski definition) is 0. The van der Waals surface area contributed by atoms with Crippen molar-refractivity contribution in [1.82, 2.24) is 14.1 Å². The van der Waals surface area contributed by atoms with Crippen molar-refractivity contribution in [2.75, 3.05) is 0 Å². The van der Waals surface area contributed by atoms with Gasteiger partial charge in [0.25, 0.3) is 6.33 Å². The number of nitrogens with zero attached hydrogens (tertiary/aromatic N) is 4. The van der Waals surface area contributed by atoms with Crippen molar-refractivity contribution in [3.05, 3.63) is 235 Å². The molecule has 6 heteroatoms. The molecule has 0 saturated heterocycles. The molecule has 4 heterocycles. The van der Waals surface area contributed by atoms with Gasteiger partial charge in [-0.15, -0.1) is 29.7 Å². The van der Waals surface area contributed by atoms with Gasteiger partial charge < -0.3 is 13.9 Å². The Kier molecular flexibility index (Phi) is 6.08. The van der Waals surface area contributed by atoms with Gasteiger partial charge in [0.05, 0.1) is 38.7 Å². The third kappa shape index (κ3) is 8.08. The predicted molar refractivity (Wildman–Crippen MR) is 315 cm³/mol. The van der Waals surface area contributed by atoms with Crippen molar-refractivity contribution < 1.29 is 74.2 Å². The molecule has 9 aromatic carbocycles. The fraction of sp³-hybridized carbons (Fsp3) is 0.167. The minimum absolute atomic E-state index is 0. The Morgan fingerprint density at radius 2 is 1.28 bits per heavy atom. The van der Waals surface area contributed by atoms with Crippen LogP contribution in [0.15, 0.2) is 200 Å². The van der Waals surface area contributed by atoms with Crippen LogP contribution in [0.3, 0.4) is 0 Å². The van der Waals surface area contributed by atoms with Gasteiger partial charge in [0.15, 0.2) is 0 Å². The van der Waals surface area contributed by atoms with E-state index in [4.69, 9.17) is 30.3 Å². The predicted octanol–water partition coefficient (Wildman–Crippen LogP) is 17.9. The number of para-hydroxylation sites is 2. The molecule has 0 amide bonds. The van der Waals surface area contributed by atoms with Crippen molar-refractivity contribution in [3.63, 3.8) is 0 Å². The molecule has 0 unspecified atom stereocenters. The Labute approximate surface area is 516 Å². The van der Waals surface area contributed by atoms with Crippen LogP contribution < -0.4 is 9.30 Å². The second kappa shape index (κ2) is 18.5. The third-order valence-corrected chi connectivity index (χ3v) is 13.8. The first-order valence-electron chi connectivity index (χ1n) is 40.2. The Morgan fingerprint density at radius 3 is 2.04 bits per heavy atom. The van der Waals surface area contributed by atoms with E-state index in [2.05, 4.69) is 39.2 Å². The molecule has 12 aromatic rings. The molecule has 14 rings (SSSR count). The van der Waals surface area contributed by atoms with Crippen LogP contribution >= 0.6 is 0 Å². The van der Waals surface area contributed by atoms with E-state index >= 15 is 0 Å². The number of pyridine rings is 1. The number of rotatable bonds is 6.